The summed E-state index contributed by atoms with van der Waals surface area (Å²) in [5.41, 5.74) is 1.54. The Morgan fingerprint density at radius 1 is 1.20 bits per heavy atom. The van der Waals surface area contributed by atoms with Gasteiger partial charge in [-0.15, -0.1) is 0 Å². The molecule has 0 bridgehead atoms. The fourth-order valence-corrected chi connectivity index (χ4v) is 5.18. The lowest BCUT2D eigenvalue weighted by Crippen LogP contribution is -2.63. The molecule has 1 aliphatic heterocycles. The number of amides is 3. The number of aromatic nitrogens is 2. The monoisotopic (exact) mass is 475 g/mol. The number of rotatable bonds is 4. The number of methoxy groups -OCH3 is 2. The Morgan fingerprint density at radius 3 is 2.77 bits per heavy atom. The number of ether oxygens (including phenoxy) is 2. The second-order valence-corrected chi connectivity index (χ2v) is 8.61. The summed E-state index contributed by atoms with van der Waals surface area (Å²) in [5, 5.41) is 13.3. The molecule has 1 saturated heterocycles. The predicted octanol–water partition coefficient (Wildman–Crippen LogP) is 3.28. The number of carbonyl (C=O) groups is 2. The van der Waals surface area contributed by atoms with Crippen molar-refractivity contribution >= 4 is 28.5 Å². The maximum Gasteiger partial charge on any atom is 0.329 e. The van der Waals surface area contributed by atoms with E-state index in [9.17, 15) is 19.2 Å². The van der Waals surface area contributed by atoms with E-state index in [1.165, 1.54) is 26.5 Å². The van der Waals surface area contributed by atoms with Crippen LogP contribution in [0.25, 0.3) is 10.9 Å². The number of nitrogens with one attached hydrogen (secondary N) is 1. The SMILES string of the molecule is COc1cc(C2CC3NC(=O)N(c4cncc5cccnc45)C(=O)C3CC2OC)c(C#N)cc1F. The molecule has 2 aromatic heterocycles. The highest BCUT2D eigenvalue weighted by Crippen LogP contribution is 2.43. The van der Waals surface area contributed by atoms with Crippen LogP contribution in [0.1, 0.15) is 29.9 Å². The van der Waals surface area contributed by atoms with Crippen LogP contribution in [0.3, 0.4) is 0 Å². The summed E-state index contributed by atoms with van der Waals surface area (Å²) in [5.74, 6) is -1.89. The first-order chi connectivity index (χ1) is 17.0. The summed E-state index contributed by atoms with van der Waals surface area (Å²) in [7, 11) is 2.89. The third kappa shape index (κ3) is 3.74. The van der Waals surface area contributed by atoms with Gasteiger partial charge >= 0.3 is 6.03 Å². The van der Waals surface area contributed by atoms with Crippen molar-refractivity contribution in [1.29, 1.82) is 5.26 Å². The van der Waals surface area contributed by atoms with E-state index in [4.69, 9.17) is 9.47 Å². The maximum absolute atomic E-state index is 14.2. The van der Waals surface area contributed by atoms with Gasteiger partial charge in [0.05, 0.1) is 48.2 Å². The topological polar surface area (TPSA) is 117 Å². The average molecular weight is 475 g/mol. The van der Waals surface area contributed by atoms with Crippen LogP contribution in [0.5, 0.6) is 5.75 Å². The van der Waals surface area contributed by atoms with Gasteiger partial charge in [-0.05, 0) is 42.7 Å². The Hall–Kier alpha value is -4.10. The summed E-state index contributed by atoms with van der Waals surface area (Å²) in [4.78, 5) is 36.4. The third-order valence-electron chi connectivity index (χ3n) is 6.86. The molecule has 4 unspecified atom stereocenters. The van der Waals surface area contributed by atoms with Gasteiger partial charge in [-0.3, -0.25) is 14.8 Å². The number of imide groups is 1. The van der Waals surface area contributed by atoms with Crippen molar-refractivity contribution in [3.05, 3.63) is 59.8 Å². The van der Waals surface area contributed by atoms with Crippen molar-refractivity contribution in [2.75, 3.05) is 19.1 Å². The van der Waals surface area contributed by atoms with Crippen molar-refractivity contribution < 1.29 is 23.5 Å². The number of urea groups is 1. The summed E-state index contributed by atoms with van der Waals surface area (Å²) in [6, 6.07) is 7.19. The largest absolute Gasteiger partial charge is 0.494 e. The smallest absolute Gasteiger partial charge is 0.329 e. The molecular weight excluding hydrogens is 453 g/mol. The number of anilines is 1. The summed E-state index contributed by atoms with van der Waals surface area (Å²) in [6.45, 7) is 0. The van der Waals surface area contributed by atoms with E-state index in [1.54, 1.807) is 18.5 Å². The van der Waals surface area contributed by atoms with E-state index in [-0.39, 0.29) is 23.1 Å². The van der Waals surface area contributed by atoms with Gasteiger partial charge in [0.2, 0.25) is 5.91 Å². The molecule has 2 aliphatic rings. The van der Waals surface area contributed by atoms with E-state index in [0.717, 1.165) is 11.0 Å². The van der Waals surface area contributed by atoms with E-state index in [0.29, 0.717) is 35.0 Å². The molecule has 3 heterocycles. The van der Waals surface area contributed by atoms with Gasteiger partial charge in [-0.1, -0.05) is 0 Å². The van der Waals surface area contributed by atoms with Gasteiger partial charge < -0.3 is 14.8 Å². The molecule has 0 radical (unpaired) electrons. The number of nitriles is 1. The highest BCUT2D eigenvalue weighted by molar-refractivity contribution is 6.20. The molecular formula is C25H22FN5O4. The zero-order valence-corrected chi connectivity index (χ0v) is 19.1. The number of carbonyl (C=O) groups excluding carboxylic acids is 2. The normalized spacial score (nSPS) is 24.0. The fourth-order valence-electron chi connectivity index (χ4n) is 5.18. The lowest BCUT2D eigenvalue weighted by molar-refractivity contribution is -0.126. The molecule has 3 amide bonds. The van der Waals surface area contributed by atoms with Crippen LogP contribution in [0, 0.1) is 23.1 Å². The van der Waals surface area contributed by atoms with Crippen molar-refractivity contribution in [1.82, 2.24) is 15.3 Å². The standard InChI is InChI=1S/C25H22FN5O4/c1-34-21-9-17-19(7-16(21)15-8-22(35-2)18(26)6-14(15)10-27)30-25(33)31(24(17)32)20-12-28-11-13-4-3-5-29-23(13)20/h3-6,8,11-12,16-17,19,21H,7,9H2,1-2H3,(H,30,33). The molecule has 0 spiro atoms. The number of fused-ring (bicyclic) bond motifs is 2. The molecule has 1 saturated carbocycles. The van der Waals surface area contributed by atoms with Crippen molar-refractivity contribution in [3.8, 4) is 11.8 Å². The van der Waals surface area contributed by atoms with E-state index >= 15 is 0 Å². The molecule has 1 N–H and O–H groups in total. The molecule has 4 atom stereocenters. The highest BCUT2D eigenvalue weighted by atomic mass is 19.1. The molecule has 1 aliphatic carbocycles. The van der Waals surface area contributed by atoms with E-state index in [2.05, 4.69) is 15.3 Å². The fraction of sp³-hybridized carbons (Fsp3) is 0.320. The van der Waals surface area contributed by atoms with Gasteiger partial charge in [-0.2, -0.15) is 5.26 Å². The van der Waals surface area contributed by atoms with E-state index in [1.807, 2.05) is 12.1 Å². The van der Waals surface area contributed by atoms with Crippen molar-refractivity contribution in [2.24, 2.45) is 5.92 Å². The first-order valence-electron chi connectivity index (χ1n) is 11.1. The Kier molecular flexibility index (Phi) is 5.78. The van der Waals surface area contributed by atoms with E-state index < -0.39 is 29.9 Å². The summed E-state index contributed by atoms with van der Waals surface area (Å²) < 4.78 is 25.1. The highest BCUT2D eigenvalue weighted by Gasteiger charge is 2.49. The second-order valence-electron chi connectivity index (χ2n) is 8.61. The number of halogens is 1. The Balaban J connectivity index is 1.50. The van der Waals surface area contributed by atoms with Crippen LogP contribution >= 0.6 is 0 Å². The van der Waals surface area contributed by atoms with Gasteiger partial charge in [0.25, 0.3) is 0 Å². The number of pyridine rings is 2. The number of hydrogen-bond acceptors (Lipinski definition) is 7. The van der Waals surface area contributed by atoms with Crippen LogP contribution < -0.4 is 15.0 Å². The summed E-state index contributed by atoms with van der Waals surface area (Å²) in [6.07, 6.45) is 4.87. The molecule has 9 nitrogen and oxygen atoms in total. The van der Waals surface area contributed by atoms with Crippen molar-refractivity contribution in [2.45, 2.75) is 30.9 Å². The molecule has 178 valence electrons. The zero-order chi connectivity index (χ0) is 24.7. The van der Waals surface area contributed by atoms with Gasteiger partial charge in [0, 0.05) is 36.8 Å². The van der Waals surface area contributed by atoms with Crippen LogP contribution in [0.4, 0.5) is 14.9 Å². The average Bonchev–Trinajstić information content (AvgIpc) is 2.88. The first-order valence-corrected chi connectivity index (χ1v) is 11.1. The molecule has 1 aromatic carbocycles. The van der Waals surface area contributed by atoms with Gasteiger partial charge in [0.15, 0.2) is 11.6 Å². The minimum atomic E-state index is -0.635. The second kappa shape index (κ2) is 8.92. The van der Waals surface area contributed by atoms with Crippen LogP contribution in [0.2, 0.25) is 0 Å². The molecule has 3 aromatic rings. The van der Waals surface area contributed by atoms with Crippen LogP contribution in [0.15, 0.2) is 42.9 Å². The molecule has 10 heteroatoms. The number of nitrogens with zero attached hydrogens (tertiary/aromatic N) is 4. The van der Waals surface area contributed by atoms with Gasteiger partial charge in [0.1, 0.15) is 0 Å². The van der Waals surface area contributed by atoms with Crippen LogP contribution in [-0.4, -0.2) is 48.3 Å². The third-order valence-corrected chi connectivity index (χ3v) is 6.86. The predicted molar refractivity (Wildman–Crippen MR) is 123 cm³/mol. The molecule has 35 heavy (non-hydrogen) atoms. The Labute approximate surface area is 200 Å². The Morgan fingerprint density at radius 2 is 2.03 bits per heavy atom. The Bertz CT molecular complexity index is 1370. The quantitative estimate of drug-likeness (QED) is 0.615. The molecule has 2 fully saturated rings. The minimum absolute atomic E-state index is 0.0156. The minimum Gasteiger partial charge on any atom is -0.494 e. The number of hydrogen-bond donors (Lipinski definition) is 1. The van der Waals surface area contributed by atoms with Gasteiger partial charge in [-0.25, -0.2) is 14.1 Å². The van der Waals surface area contributed by atoms with Crippen LogP contribution in [-0.2, 0) is 9.53 Å². The zero-order valence-electron chi connectivity index (χ0n) is 19.1. The van der Waals surface area contributed by atoms with Crippen molar-refractivity contribution in [3.63, 3.8) is 0 Å². The maximum atomic E-state index is 14.2. The lowest BCUT2D eigenvalue weighted by Gasteiger charge is -2.45. The molecule has 5 rings (SSSR count). The lowest BCUT2D eigenvalue weighted by atomic mass is 9.71. The first kappa shape index (κ1) is 22.7. The summed E-state index contributed by atoms with van der Waals surface area (Å²) >= 11 is 0. The number of benzene rings is 1.